The summed E-state index contributed by atoms with van der Waals surface area (Å²) in [6, 6.07) is 4.40. The molecule has 0 saturated carbocycles. The molecule has 2 aromatic carbocycles. The molecule has 0 amide bonds. The normalized spacial score (nSPS) is 31.3. The zero-order valence-corrected chi connectivity index (χ0v) is 22.6. The highest BCUT2D eigenvalue weighted by Crippen LogP contribution is 2.55. The van der Waals surface area contributed by atoms with Crippen LogP contribution in [0, 0.1) is 5.92 Å². The average molecular weight is 557 g/mol. The molecule has 0 bridgehead atoms. The van der Waals surface area contributed by atoms with Gasteiger partial charge in [0.2, 0.25) is 5.78 Å². The van der Waals surface area contributed by atoms with Crippen LogP contribution in [0.3, 0.4) is 0 Å². The molecule has 40 heavy (non-hydrogen) atoms. The molecule has 0 unspecified atom stereocenters. The number of carbonyl (C=O) groups is 3. The molecule has 11 heteroatoms. The lowest BCUT2D eigenvalue weighted by atomic mass is 9.67. The van der Waals surface area contributed by atoms with Gasteiger partial charge in [-0.3, -0.25) is 14.4 Å². The number of benzene rings is 2. The van der Waals surface area contributed by atoms with E-state index in [0.717, 1.165) is 0 Å². The number of hydrogen-bond donors (Lipinski definition) is 5. The lowest BCUT2D eigenvalue weighted by Gasteiger charge is -2.47. The van der Waals surface area contributed by atoms with Gasteiger partial charge in [0.15, 0.2) is 17.9 Å². The van der Waals surface area contributed by atoms with E-state index in [1.807, 2.05) is 0 Å². The molecule has 1 aliphatic heterocycles. The van der Waals surface area contributed by atoms with Gasteiger partial charge in [0, 0.05) is 36.0 Å². The maximum absolute atomic E-state index is 13.8. The molecule has 0 spiro atoms. The number of aromatic hydroxyl groups is 2. The minimum Gasteiger partial charge on any atom is -0.507 e. The lowest BCUT2D eigenvalue weighted by molar-refractivity contribution is -0.280. The summed E-state index contributed by atoms with van der Waals surface area (Å²) in [5.74, 6) is -3.93. The number of methoxy groups -OCH3 is 1. The summed E-state index contributed by atoms with van der Waals surface area (Å²) < 4.78 is 17.4. The minimum absolute atomic E-state index is 0.0415. The highest BCUT2D eigenvalue weighted by molar-refractivity contribution is 6.31. The van der Waals surface area contributed by atoms with Crippen LogP contribution < -0.4 is 4.74 Å². The molecule has 5 rings (SSSR count). The number of phenols is 2. The third-order valence-corrected chi connectivity index (χ3v) is 8.40. The number of fused-ring (bicyclic) bond motifs is 3. The maximum atomic E-state index is 13.8. The Morgan fingerprint density at radius 2 is 1.77 bits per heavy atom. The molecule has 1 fully saturated rings. The van der Waals surface area contributed by atoms with Gasteiger partial charge in [-0.2, -0.15) is 0 Å². The molecule has 2 aromatic rings. The number of aliphatic hydroxyl groups is 3. The van der Waals surface area contributed by atoms with Crippen molar-refractivity contribution in [2.24, 2.45) is 5.92 Å². The average Bonchev–Trinajstić information content (AvgIpc) is 2.90. The first-order valence-corrected chi connectivity index (χ1v) is 13.0. The Hall–Kier alpha value is -3.35. The Balaban J connectivity index is 1.73. The third-order valence-electron chi connectivity index (χ3n) is 8.40. The Kier molecular flexibility index (Phi) is 6.79. The van der Waals surface area contributed by atoms with E-state index in [1.54, 1.807) is 13.8 Å². The highest BCUT2D eigenvalue weighted by Gasteiger charge is 2.55. The smallest absolute Gasteiger partial charge is 0.202 e. The third kappa shape index (κ3) is 4.03. The Labute approximate surface area is 229 Å². The van der Waals surface area contributed by atoms with Gasteiger partial charge in [-0.15, -0.1) is 0 Å². The number of rotatable bonds is 5. The number of Topliss-reactive ketones (excluding diaryl/α,β-unsaturated/α-hetero) is 1. The van der Waals surface area contributed by atoms with E-state index in [1.165, 1.54) is 32.2 Å². The molecule has 3 aliphatic rings. The quantitative estimate of drug-likeness (QED) is 0.287. The number of aliphatic hydroxyl groups excluding tert-OH is 2. The van der Waals surface area contributed by atoms with Gasteiger partial charge in [0.25, 0.3) is 0 Å². The van der Waals surface area contributed by atoms with Crippen molar-refractivity contribution in [3.63, 3.8) is 0 Å². The largest absolute Gasteiger partial charge is 0.507 e. The molecule has 11 nitrogen and oxygen atoms in total. The molecular weight excluding hydrogens is 524 g/mol. The molecule has 1 heterocycles. The van der Waals surface area contributed by atoms with E-state index in [2.05, 4.69) is 0 Å². The summed E-state index contributed by atoms with van der Waals surface area (Å²) >= 11 is 0. The van der Waals surface area contributed by atoms with Crippen LogP contribution in [0.5, 0.6) is 17.2 Å². The summed E-state index contributed by atoms with van der Waals surface area (Å²) in [4.78, 5) is 40.1. The second-order valence-electron chi connectivity index (χ2n) is 11.1. The van der Waals surface area contributed by atoms with Gasteiger partial charge in [-0.25, -0.2) is 0 Å². The fourth-order valence-electron chi connectivity index (χ4n) is 6.44. The van der Waals surface area contributed by atoms with Crippen LogP contribution in [0.25, 0.3) is 0 Å². The van der Waals surface area contributed by atoms with Crippen LogP contribution in [-0.4, -0.2) is 80.7 Å². The van der Waals surface area contributed by atoms with Crippen LogP contribution in [-0.2, 0) is 26.3 Å². The van der Waals surface area contributed by atoms with Crippen molar-refractivity contribution in [3.8, 4) is 17.2 Å². The van der Waals surface area contributed by atoms with Crippen LogP contribution in [0.4, 0.5) is 0 Å². The van der Waals surface area contributed by atoms with E-state index in [0.29, 0.717) is 0 Å². The predicted octanol–water partition coefficient (Wildman–Crippen LogP) is 1.48. The first-order valence-electron chi connectivity index (χ1n) is 13.0. The Morgan fingerprint density at radius 1 is 1.10 bits per heavy atom. The summed E-state index contributed by atoms with van der Waals surface area (Å²) in [7, 11) is 1.33. The molecule has 0 aromatic heterocycles. The van der Waals surface area contributed by atoms with E-state index in [9.17, 15) is 39.9 Å². The SMILES string of the molecule is COc1cccc2c1C(=O)c1c(O)c3c(c(O)c1C2=O)C[C@@](O)(C(=O)CO)C[C@]3(C)O[C@H]1C[C@H](C)[C@H](O)[C@H](C)O1. The molecular formula is C29H32O11. The predicted molar refractivity (Wildman–Crippen MR) is 138 cm³/mol. The Bertz CT molecular complexity index is 1420. The topological polar surface area (TPSA) is 180 Å². The number of phenolic OH excluding ortho intramolecular Hbond substituents is 2. The molecule has 2 aliphatic carbocycles. The van der Waals surface area contributed by atoms with Crippen LogP contribution >= 0.6 is 0 Å². The second-order valence-corrected chi connectivity index (χ2v) is 11.1. The van der Waals surface area contributed by atoms with E-state index < -0.39 is 89.1 Å². The molecule has 214 valence electrons. The van der Waals surface area contributed by atoms with E-state index in [4.69, 9.17) is 14.2 Å². The lowest BCUT2D eigenvalue weighted by Crippen LogP contribution is -2.54. The van der Waals surface area contributed by atoms with Gasteiger partial charge >= 0.3 is 0 Å². The number of ketones is 3. The van der Waals surface area contributed by atoms with Gasteiger partial charge in [-0.05, 0) is 25.8 Å². The Morgan fingerprint density at radius 3 is 2.40 bits per heavy atom. The summed E-state index contributed by atoms with van der Waals surface area (Å²) in [5, 5.41) is 54.5. The first-order chi connectivity index (χ1) is 18.8. The minimum atomic E-state index is -2.25. The number of carbonyl (C=O) groups excluding carboxylic acids is 3. The fraction of sp³-hybridized carbons (Fsp3) is 0.483. The van der Waals surface area contributed by atoms with Crippen molar-refractivity contribution in [1.82, 2.24) is 0 Å². The highest BCUT2D eigenvalue weighted by atomic mass is 16.7. The van der Waals surface area contributed by atoms with Gasteiger partial charge in [0.1, 0.15) is 35.1 Å². The second kappa shape index (κ2) is 9.64. The summed E-state index contributed by atoms with van der Waals surface area (Å²) in [5.41, 5.74) is -5.29. The van der Waals surface area contributed by atoms with Crippen LogP contribution in [0.1, 0.15) is 76.6 Å². The van der Waals surface area contributed by atoms with Crippen molar-refractivity contribution in [3.05, 3.63) is 51.6 Å². The number of hydrogen-bond acceptors (Lipinski definition) is 11. The zero-order chi connectivity index (χ0) is 29.3. The van der Waals surface area contributed by atoms with Crippen molar-refractivity contribution >= 4 is 17.3 Å². The number of ether oxygens (including phenoxy) is 3. The maximum Gasteiger partial charge on any atom is 0.202 e. The first kappa shape index (κ1) is 28.2. The molecule has 5 N–H and O–H groups in total. The van der Waals surface area contributed by atoms with Gasteiger partial charge in [0.05, 0.1) is 36.0 Å². The summed E-state index contributed by atoms with van der Waals surface area (Å²) in [6.45, 7) is 3.91. The molecule has 1 saturated heterocycles. The summed E-state index contributed by atoms with van der Waals surface area (Å²) in [6.07, 6.45) is -3.15. The fourth-order valence-corrected chi connectivity index (χ4v) is 6.44. The molecule has 0 radical (unpaired) electrons. The van der Waals surface area contributed by atoms with E-state index in [-0.39, 0.29) is 40.3 Å². The van der Waals surface area contributed by atoms with Crippen molar-refractivity contribution < 1.29 is 54.1 Å². The van der Waals surface area contributed by atoms with Crippen LogP contribution in [0.2, 0.25) is 0 Å². The monoisotopic (exact) mass is 556 g/mol. The van der Waals surface area contributed by atoms with Crippen molar-refractivity contribution in [2.75, 3.05) is 13.7 Å². The van der Waals surface area contributed by atoms with Gasteiger partial charge in [-0.1, -0.05) is 19.1 Å². The standard InChI is InChI=1S/C29H32O11/c1-12-8-18(39-13(2)23(12)32)40-28(3)11-29(37,17(31)10-30)9-15-22(28)27(36)21-20(25(15)34)24(33)14-6-5-7-16(38-4)19(14)26(21)35/h5-7,12-13,18,23,30,32,34,36-37H,8-11H2,1-4H3/t12-,13-,18-,23-,28-,29-/m0/s1. The van der Waals surface area contributed by atoms with Crippen molar-refractivity contribution in [1.29, 1.82) is 0 Å². The molecule has 6 atom stereocenters. The van der Waals surface area contributed by atoms with Crippen LogP contribution in [0.15, 0.2) is 18.2 Å². The van der Waals surface area contributed by atoms with Gasteiger partial charge < -0.3 is 39.7 Å². The van der Waals surface area contributed by atoms with Crippen molar-refractivity contribution in [2.45, 2.75) is 69.7 Å². The zero-order valence-electron chi connectivity index (χ0n) is 22.6. The van der Waals surface area contributed by atoms with E-state index >= 15 is 0 Å².